The van der Waals surface area contributed by atoms with Crippen LogP contribution in [-0.2, 0) is 30.6 Å². The second kappa shape index (κ2) is 10.6. The Kier molecular flexibility index (Phi) is 6.75. The third kappa shape index (κ3) is 5.10. The average Bonchev–Trinajstić information content (AvgIpc) is 3.31. The molecule has 0 saturated heterocycles. The normalized spacial score (nSPS) is 12.7. The molecule has 0 radical (unpaired) electrons. The molecule has 1 aliphatic carbocycles. The van der Waals surface area contributed by atoms with E-state index in [9.17, 15) is 9.59 Å². The number of nitrogens with one attached hydrogen (secondary N) is 1. The highest BCUT2D eigenvalue weighted by Gasteiger charge is 2.23. The predicted octanol–water partition coefficient (Wildman–Crippen LogP) is 6.36. The van der Waals surface area contributed by atoms with Crippen molar-refractivity contribution in [1.29, 1.82) is 0 Å². The van der Waals surface area contributed by atoms with Crippen LogP contribution in [0.15, 0.2) is 89.7 Å². The molecule has 6 nitrogen and oxygen atoms in total. The van der Waals surface area contributed by atoms with Crippen molar-refractivity contribution in [2.45, 2.75) is 38.6 Å². The predicted molar refractivity (Wildman–Crippen MR) is 151 cm³/mol. The van der Waals surface area contributed by atoms with Gasteiger partial charge in [0, 0.05) is 17.0 Å². The van der Waals surface area contributed by atoms with Crippen molar-refractivity contribution in [3.8, 4) is 11.5 Å². The van der Waals surface area contributed by atoms with Crippen LogP contribution in [0.2, 0.25) is 0 Å². The second-order valence-electron chi connectivity index (χ2n) is 9.46. The van der Waals surface area contributed by atoms with Crippen LogP contribution in [0, 0.1) is 0 Å². The summed E-state index contributed by atoms with van der Waals surface area (Å²) < 4.78 is 7.39. The van der Waals surface area contributed by atoms with E-state index in [1.165, 1.54) is 4.88 Å². The summed E-state index contributed by atoms with van der Waals surface area (Å²) in [6.07, 6.45) is 4.59. The molecule has 1 aliphatic rings. The van der Waals surface area contributed by atoms with Crippen LogP contribution in [0.3, 0.4) is 0 Å². The van der Waals surface area contributed by atoms with Crippen molar-refractivity contribution in [2.24, 2.45) is 0 Å². The lowest BCUT2D eigenvalue weighted by Gasteiger charge is -2.14. The Hall–Kier alpha value is -4.23. The van der Waals surface area contributed by atoms with Crippen molar-refractivity contribution in [1.82, 2.24) is 9.55 Å². The molecule has 1 N–H and O–H groups in total. The van der Waals surface area contributed by atoms with E-state index < -0.39 is 0 Å². The van der Waals surface area contributed by atoms with Crippen LogP contribution in [-0.4, -0.2) is 15.5 Å². The number of thiophene rings is 1. The molecule has 3 aromatic carbocycles. The maximum Gasteiger partial charge on any atom is 0.263 e. The van der Waals surface area contributed by atoms with Crippen LogP contribution in [0.4, 0.5) is 5.69 Å². The highest BCUT2D eigenvalue weighted by atomic mass is 32.1. The molecule has 7 heteroatoms. The van der Waals surface area contributed by atoms with E-state index >= 15 is 0 Å². The van der Waals surface area contributed by atoms with Crippen LogP contribution in [0.5, 0.6) is 11.5 Å². The van der Waals surface area contributed by atoms with Gasteiger partial charge in [0.25, 0.3) is 5.56 Å². The van der Waals surface area contributed by atoms with Crippen molar-refractivity contribution in [2.75, 3.05) is 5.32 Å². The minimum absolute atomic E-state index is 0.100. The van der Waals surface area contributed by atoms with Crippen LogP contribution >= 0.6 is 11.3 Å². The molecule has 2 heterocycles. The fourth-order valence-electron chi connectivity index (χ4n) is 4.93. The number of hydrogen-bond acceptors (Lipinski definition) is 5. The number of hydrogen-bond donors (Lipinski definition) is 1. The molecule has 0 fully saturated rings. The molecule has 0 unspecified atom stereocenters. The Morgan fingerprint density at radius 1 is 0.895 bits per heavy atom. The quantitative estimate of drug-likeness (QED) is 0.271. The fraction of sp³-hybridized carbons (Fsp3) is 0.194. The Labute approximate surface area is 224 Å². The van der Waals surface area contributed by atoms with Gasteiger partial charge in [-0.05, 0) is 73.2 Å². The number of carbonyl (C=O) groups is 1. The number of amides is 1. The maximum atomic E-state index is 13.8. The van der Waals surface area contributed by atoms with Gasteiger partial charge in [0.15, 0.2) is 0 Å². The van der Waals surface area contributed by atoms with Crippen molar-refractivity contribution in [3.05, 3.63) is 117 Å². The molecule has 38 heavy (non-hydrogen) atoms. The Balaban J connectivity index is 1.27. The summed E-state index contributed by atoms with van der Waals surface area (Å²) in [5.41, 5.74) is 2.68. The number of para-hydroxylation sites is 1. The smallest absolute Gasteiger partial charge is 0.263 e. The summed E-state index contributed by atoms with van der Waals surface area (Å²) in [5.74, 6) is 1.75. The number of anilines is 1. The minimum Gasteiger partial charge on any atom is -0.457 e. The lowest BCUT2D eigenvalue weighted by Crippen LogP contribution is -2.31. The van der Waals surface area contributed by atoms with Gasteiger partial charge in [-0.3, -0.25) is 14.2 Å². The molecule has 5 aromatic rings. The van der Waals surface area contributed by atoms with Gasteiger partial charge < -0.3 is 10.1 Å². The summed E-state index contributed by atoms with van der Waals surface area (Å²) in [6, 6.07) is 26.7. The number of benzene rings is 3. The Bertz CT molecular complexity index is 1640. The van der Waals surface area contributed by atoms with Crippen LogP contribution in [0.1, 0.15) is 34.7 Å². The third-order valence-corrected chi connectivity index (χ3v) is 7.96. The minimum atomic E-state index is -0.275. The van der Waals surface area contributed by atoms with E-state index in [-0.39, 0.29) is 18.0 Å². The first-order valence-electron chi connectivity index (χ1n) is 12.8. The van der Waals surface area contributed by atoms with Crippen LogP contribution in [0.25, 0.3) is 10.2 Å². The van der Waals surface area contributed by atoms with E-state index in [0.717, 1.165) is 47.4 Å². The van der Waals surface area contributed by atoms with Crippen molar-refractivity contribution >= 4 is 33.1 Å². The summed E-state index contributed by atoms with van der Waals surface area (Å²) in [6.45, 7) is -0.100. The van der Waals surface area contributed by atoms with E-state index in [0.29, 0.717) is 29.1 Å². The zero-order valence-corrected chi connectivity index (χ0v) is 21.7. The molecule has 2 aromatic heterocycles. The van der Waals surface area contributed by atoms with E-state index in [2.05, 4.69) is 5.32 Å². The second-order valence-corrected chi connectivity index (χ2v) is 10.5. The van der Waals surface area contributed by atoms with Crippen molar-refractivity contribution < 1.29 is 9.53 Å². The number of aromatic nitrogens is 2. The molecule has 1 amide bonds. The standard InChI is InChI=1S/C31H27N3O3S/c35-28(32-22-15-17-24(18-16-22)37-23-11-5-2-6-12-23)20-34-27(19-21-9-3-1-4-10-21)33-30-29(31(34)36)25-13-7-8-14-26(25)38-30/h1-6,9-12,15-18H,7-8,13-14,19-20H2,(H,32,35). The molecular formula is C31H27N3O3S. The molecular weight excluding hydrogens is 494 g/mol. The first-order chi connectivity index (χ1) is 18.6. The molecule has 0 aliphatic heterocycles. The molecule has 6 rings (SSSR count). The average molecular weight is 522 g/mol. The first kappa shape index (κ1) is 24.1. The number of fused-ring (bicyclic) bond motifs is 3. The Morgan fingerprint density at radius 2 is 1.58 bits per heavy atom. The van der Waals surface area contributed by atoms with Gasteiger partial charge in [0.2, 0.25) is 5.91 Å². The highest BCUT2D eigenvalue weighted by Crippen LogP contribution is 2.34. The van der Waals surface area contributed by atoms with Gasteiger partial charge in [-0.15, -0.1) is 11.3 Å². The van der Waals surface area contributed by atoms with Crippen molar-refractivity contribution in [3.63, 3.8) is 0 Å². The topological polar surface area (TPSA) is 73.2 Å². The largest absolute Gasteiger partial charge is 0.457 e. The van der Waals surface area contributed by atoms with Gasteiger partial charge in [-0.25, -0.2) is 4.98 Å². The zero-order chi connectivity index (χ0) is 25.9. The summed E-state index contributed by atoms with van der Waals surface area (Å²) in [4.78, 5) is 34.0. The molecule has 0 bridgehead atoms. The lowest BCUT2D eigenvalue weighted by atomic mass is 9.97. The van der Waals surface area contributed by atoms with Crippen LogP contribution < -0.4 is 15.6 Å². The van der Waals surface area contributed by atoms with E-state index in [1.54, 1.807) is 40.2 Å². The summed E-state index contributed by atoms with van der Waals surface area (Å²) in [7, 11) is 0. The summed E-state index contributed by atoms with van der Waals surface area (Å²) in [5, 5.41) is 3.62. The van der Waals surface area contributed by atoms with Gasteiger partial charge in [-0.1, -0.05) is 48.5 Å². The van der Waals surface area contributed by atoms with Gasteiger partial charge in [0.05, 0.1) is 5.39 Å². The molecule has 0 spiro atoms. The first-order valence-corrected chi connectivity index (χ1v) is 13.7. The zero-order valence-electron chi connectivity index (χ0n) is 20.9. The number of aryl methyl sites for hydroxylation is 2. The van der Waals surface area contributed by atoms with Gasteiger partial charge in [0.1, 0.15) is 28.7 Å². The fourth-order valence-corrected chi connectivity index (χ4v) is 6.20. The number of nitrogens with zero attached hydrogens (tertiary/aromatic N) is 2. The maximum absolute atomic E-state index is 13.8. The molecule has 0 saturated carbocycles. The van der Waals surface area contributed by atoms with E-state index in [1.807, 2.05) is 60.7 Å². The lowest BCUT2D eigenvalue weighted by molar-refractivity contribution is -0.116. The SMILES string of the molecule is O=C(Cn1c(Cc2ccccc2)nc2sc3c(c2c1=O)CCCC3)Nc1ccc(Oc2ccccc2)cc1. The van der Waals surface area contributed by atoms with Gasteiger partial charge >= 0.3 is 0 Å². The highest BCUT2D eigenvalue weighted by molar-refractivity contribution is 7.18. The number of rotatable bonds is 7. The monoisotopic (exact) mass is 521 g/mol. The Morgan fingerprint density at radius 3 is 2.34 bits per heavy atom. The van der Waals surface area contributed by atoms with Gasteiger partial charge in [-0.2, -0.15) is 0 Å². The molecule has 190 valence electrons. The summed E-state index contributed by atoms with van der Waals surface area (Å²) >= 11 is 1.63. The van der Waals surface area contributed by atoms with E-state index in [4.69, 9.17) is 9.72 Å². The number of carbonyl (C=O) groups excluding carboxylic acids is 1. The molecule has 0 atom stereocenters. The number of ether oxygens (including phenoxy) is 1. The third-order valence-electron chi connectivity index (χ3n) is 6.78.